The van der Waals surface area contributed by atoms with E-state index in [-0.39, 0.29) is 17.0 Å². The summed E-state index contributed by atoms with van der Waals surface area (Å²) in [5.41, 5.74) is -0.350. The normalized spacial score (nSPS) is 12.9. The molecule has 0 fully saturated rings. The minimum Gasteiger partial charge on any atom is -0.299 e. The molecule has 0 heterocycles. The van der Waals surface area contributed by atoms with E-state index in [0.29, 0.717) is 12.8 Å². The van der Waals surface area contributed by atoms with E-state index in [9.17, 15) is 13.2 Å². The molecule has 0 N–H and O–H groups in total. The topological polar surface area (TPSA) is 51.2 Å². The van der Waals surface area contributed by atoms with E-state index < -0.39 is 9.84 Å². The van der Waals surface area contributed by atoms with Crippen LogP contribution in [0.5, 0.6) is 0 Å². The standard InChI is InChI=1S/C9H18O3S/c1-9(2,3)8(10)6-5-7-13(4,11)12/h5-7H2,1-4H3. The molecule has 0 saturated carbocycles. The Labute approximate surface area is 80.4 Å². The Morgan fingerprint density at radius 3 is 2.00 bits per heavy atom. The van der Waals surface area contributed by atoms with Crippen molar-refractivity contribution < 1.29 is 13.2 Å². The molecule has 0 atom stereocenters. The highest BCUT2D eigenvalue weighted by Gasteiger charge is 2.20. The van der Waals surface area contributed by atoms with Crippen LogP contribution in [0, 0.1) is 5.41 Å². The number of hydrogen-bond acceptors (Lipinski definition) is 3. The highest BCUT2D eigenvalue weighted by Crippen LogP contribution is 2.17. The Balaban J connectivity index is 3.87. The van der Waals surface area contributed by atoms with Gasteiger partial charge >= 0.3 is 0 Å². The van der Waals surface area contributed by atoms with Gasteiger partial charge in [0.25, 0.3) is 0 Å². The molecule has 0 radical (unpaired) electrons. The molecule has 0 aromatic heterocycles. The summed E-state index contributed by atoms with van der Waals surface area (Å²) < 4.78 is 21.5. The molecule has 0 saturated heterocycles. The average Bonchev–Trinajstić information content (AvgIpc) is 1.82. The van der Waals surface area contributed by atoms with Gasteiger partial charge in [-0.2, -0.15) is 0 Å². The number of sulfone groups is 1. The Hall–Kier alpha value is -0.380. The van der Waals surface area contributed by atoms with E-state index in [0.717, 1.165) is 0 Å². The zero-order valence-corrected chi connectivity index (χ0v) is 9.57. The molecule has 0 rings (SSSR count). The predicted octanol–water partition coefficient (Wildman–Crippen LogP) is 1.43. The quantitative estimate of drug-likeness (QED) is 0.699. The van der Waals surface area contributed by atoms with Crippen molar-refractivity contribution >= 4 is 15.6 Å². The molecular weight excluding hydrogens is 188 g/mol. The lowest BCUT2D eigenvalue weighted by molar-refractivity contribution is -0.126. The van der Waals surface area contributed by atoms with Crippen molar-refractivity contribution in [3.8, 4) is 0 Å². The molecule has 0 aromatic rings. The van der Waals surface area contributed by atoms with Crippen LogP contribution < -0.4 is 0 Å². The van der Waals surface area contributed by atoms with Gasteiger partial charge in [0.15, 0.2) is 0 Å². The molecule has 0 aliphatic heterocycles. The third kappa shape index (κ3) is 6.75. The fourth-order valence-electron chi connectivity index (χ4n) is 0.870. The van der Waals surface area contributed by atoms with Crippen molar-refractivity contribution in [2.45, 2.75) is 33.6 Å². The van der Waals surface area contributed by atoms with Gasteiger partial charge in [-0.1, -0.05) is 20.8 Å². The number of hydrogen-bond donors (Lipinski definition) is 0. The second-order valence-corrected chi connectivity index (χ2v) is 6.67. The Kier molecular flexibility index (Phi) is 4.10. The largest absolute Gasteiger partial charge is 0.299 e. The molecule has 78 valence electrons. The summed E-state index contributed by atoms with van der Waals surface area (Å²) in [6.07, 6.45) is 1.99. The number of carbonyl (C=O) groups excluding carboxylic acids is 1. The molecule has 0 aromatic carbocycles. The second kappa shape index (κ2) is 4.22. The molecule has 0 unspecified atom stereocenters. The first-order valence-electron chi connectivity index (χ1n) is 4.34. The molecule has 0 aliphatic rings. The van der Waals surface area contributed by atoms with E-state index in [4.69, 9.17) is 0 Å². The van der Waals surface area contributed by atoms with Crippen LogP contribution in [0.4, 0.5) is 0 Å². The van der Waals surface area contributed by atoms with Crippen LogP contribution in [0.3, 0.4) is 0 Å². The van der Waals surface area contributed by atoms with E-state index in [1.807, 2.05) is 20.8 Å². The molecular formula is C9H18O3S. The average molecular weight is 206 g/mol. The Bertz CT molecular complexity index is 270. The number of carbonyl (C=O) groups is 1. The van der Waals surface area contributed by atoms with Gasteiger partial charge in [0.2, 0.25) is 0 Å². The van der Waals surface area contributed by atoms with Gasteiger partial charge in [-0.15, -0.1) is 0 Å². The number of Topliss-reactive ketones (excluding diaryl/α,β-unsaturated/α-hetero) is 1. The fraction of sp³-hybridized carbons (Fsp3) is 0.889. The number of rotatable bonds is 4. The van der Waals surface area contributed by atoms with E-state index in [1.54, 1.807) is 0 Å². The molecule has 0 bridgehead atoms. The van der Waals surface area contributed by atoms with Crippen molar-refractivity contribution in [3.63, 3.8) is 0 Å². The van der Waals surface area contributed by atoms with Gasteiger partial charge in [-0.3, -0.25) is 4.79 Å². The predicted molar refractivity (Wildman–Crippen MR) is 53.4 cm³/mol. The summed E-state index contributed by atoms with van der Waals surface area (Å²) in [4.78, 5) is 11.4. The van der Waals surface area contributed by atoms with Gasteiger partial charge in [0.05, 0.1) is 5.75 Å². The minimum absolute atomic E-state index is 0.106. The minimum atomic E-state index is -2.92. The molecule has 0 spiro atoms. The highest BCUT2D eigenvalue weighted by atomic mass is 32.2. The summed E-state index contributed by atoms with van der Waals surface area (Å²) in [6, 6.07) is 0. The second-order valence-electron chi connectivity index (χ2n) is 4.41. The van der Waals surface area contributed by atoms with Crippen LogP contribution >= 0.6 is 0 Å². The summed E-state index contributed by atoms with van der Waals surface area (Å²) >= 11 is 0. The summed E-state index contributed by atoms with van der Waals surface area (Å²) in [6.45, 7) is 5.53. The van der Waals surface area contributed by atoms with Crippen LogP contribution in [-0.4, -0.2) is 26.2 Å². The third-order valence-corrected chi connectivity index (χ3v) is 2.79. The van der Waals surface area contributed by atoms with Crippen LogP contribution in [0.25, 0.3) is 0 Å². The van der Waals surface area contributed by atoms with E-state index in [1.165, 1.54) is 6.26 Å². The maximum atomic E-state index is 11.4. The highest BCUT2D eigenvalue weighted by molar-refractivity contribution is 7.90. The first-order chi connectivity index (χ1) is 5.63. The van der Waals surface area contributed by atoms with Crippen LogP contribution in [-0.2, 0) is 14.6 Å². The lowest BCUT2D eigenvalue weighted by atomic mass is 9.88. The van der Waals surface area contributed by atoms with Crippen molar-refractivity contribution in [3.05, 3.63) is 0 Å². The Morgan fingerprint density at radius 2 is 1.69 bits per heavy atom. The fourth-order valence-corrected chi connectivity index (χ4v) is 1.54. The third-order valence-electron chi connectivity index (χ3n) is 1.76. The van der Waals surface area contributed by atoms with Crippen molar-refractivity contribution in [1.82, 2.24) is 0 Å². The molecule has 3 nitrogen and oxygen atoms in total. The van der Waals surface area contributed by atoms with Gasteiger partial charge < -0.3 is 0 Å². The summed E-state index contributed by atoms with van der Waals surface area (Å²) in [5, 5.41) is 0. The first-order valence-corrected chi connectivity index (χ1v) is 6.40. The van der Waals surface area contributed by atoms with Gasteiger partial charge in [-0.05, 0) is 6.42 Å². The first kappa shape index (κ1) is 12.6. The molecule has 0 aliphatic carbocycles. The van der Waals surface area contributed by atoms with Crippen LogP contribution in [0.15, 0.2) is 0 Å². The SMILES string of the molecule is CC(C)(C)C(=O)CCCS(C)(=O)=O. The molecule has 0 amide bonds. The van der Waals surface area contributed by atoms with E-state index >= 15 is 0 Å². The lowest BCUT2D eigenvalue weighted by Crippen LogP contribution is -2.20. The lowest BCUT2D eigenvalue weighted by Gasteiger charge is -2.15. The maximum absolute atomic E-state index is 11.4. The maximum Gasteiger partial charge on any atom is 0.147 e. The van der Waals surface area contributed by atoms with E-state index in [2.05, 4.69) is 0 Å². The monoisotopic (exact) mass is 206 g/mol. The zero-order valence-electron chi connectivity index (χ0n) is 8.75. The van der Waals surface area contributed by atoms with Crippen molar-refractivity contribution in [1.29, 1.82) is 0 Å². The van der Waals surface area contributed by atoms with Crippen molar-refractivity contribution in [2.24, 2.45) is 5.41 Å². The Morgan fingerprint density at radius 1 is 1.23 bits per heavy atom. The zero-order chi connectivity index (χ0) is 10.7. The van der Waals surface area contributed by atoms with Gasteiger partial charge in [0, 0.05) is 18.1 Å². The summed E-state index contributed by atoms with van der Waals surface area (Å²) in [7, 11) is -2.92. The smallest absolute Gasteiger partial charge is 0.147 e. The number of ketones is 1. The molecule has 13 heavy (non-hydrogen) atoms. The van der Waals surface area contributed by atoms with Gasteiger partial charge in [0.1, 0.15) is 15.6 Å². The summed E-state index contributed by atoms with van der Waals surface area (Å²) in [5.74, 6) is 0.227. The molecule has 4 heteroatoms. The van der Waals surface area contributed by atoms with Gasteiger partial charge in [-0.25, -0.2) is 8.42 Å². The van der Waals surface area contributed by atoms with Crippen LogP contribution in [0.2, 0.25) is 0 Å². The van der Waals surface area contributed by atoms with Crippen LogP contribution in [0.1, 0.15) is 33.6 Å². The van der Waals surface area contributed by atoms with Crippen molar-refractivity contribution in [2.75, 3.05) is 12.0 Å².